The Hall–Kier alpha value is -2.18. The Kier molecular flexibility index (Phi) is 8.67. The Bertz CT molecular complexity index is 817. The maximum Gasteiger partial charge on any atom is 0.289 e. The van der Waals surface area contributed by atoms with Gasteiger partial charge in [-0.15, -0.1) is 11.8 Å². The molecule has 0 aliphatic heterocycles. The Balaban J connectivity index is 2.26. The molecule has 9 nitrogen and oxygen atoms in total. The quantitative estimate of drug-likeness (QED) is 0.240. The maximum atomic E-state index is 11.4. The van der Waals surface area contributed by atoms with Gasteiger partial charge in [-0.05, 0) is 11.6 Å². The summed E-state index contributed by atoms with van der Waals surface area (Å²) in [5.74, 6) is 0.407. The SMILES string of the molecule is O=[N+]([O-])c1cc([N+](=O)[O-])c(SCc2ccccc2)cc1SCOC(CO)CO. The van der Waals surface area contributed by atoms with E-state index in [9.17, 15) is 20.2 Å². The van der Waals surface area contributed by atoms with E-state index in [-0.39, 0.29) is 16.5 Å². The smallest absolute Gasteiger partial charge is 0.289 e. The molecule has 150 valence electrons. The van der Waals surface area contributed by atoms with Gasteiger partial charge in [0.1, 0.15) is 6.10 Å². The van der Waals surface area contributed by atoms with E-state index >= 15 is 0 Å². The largest absolute Gasteiger partial charge is 0.394 e. The van der Waals surface area contributed by atoms with Crippen LogP contribution in [0.1, 0.15) is 5.56 Å². The lowest BCUT2D eigenvalue weighted by Gasteiger charge is -2.12. The molecular weight excluding hydrogens is 408 g/mol. The maximum absolute atomic E-state index is 11.4. The molecule has 0 bridgehead atoms. The minimum Gasteiger partial charge on any atom is -0.394 e. The van der Waals surface area contributed by atoms with Crippen molar-refractivity contribution >= 4 is 34.9 Å². The molecule has 0 aromatic heterocycles. The van der Waals surface area contributed by atoms with E-state index in [1.54, 1.807) is 0 Å². The zero-order chi connectivity index (χ0) is 20.5. The molecule has 11 heteroatoms. The lowest BCUT2D eigenvalue weighted by atomic mass is 10.2. The monoisotopic (exact) mass is 426 g/mol. The molecule has 2 aromatic rings. The molecule has 0 saturated carbocycles. The standard InChI is InChI=1S/C17H18N2O7S2/c20-8-13(9-21)26-11-28-17-7-16(27-10-12-4-2-1-3-5-12)14(18(22)23)6-15(17)19(24)25/h1-7,13,20-21H,8-11H2. The Labute approximate surface area is 169 Å². The molecule has 28 heavy (non-hydrogen) atoms. The average molecular weight is 426 g/mol. The number of hydrogen-bond donors (Lipinski definition) is 2. The summed E-state index contributed by atoms with van der Waals surface area (Å²) in [5, 5.41) is 40.7. The van der Waals surface area contributed by atoms with Crippen LogP contribution in [0.2, 0.25) is 0 Å². The number of thioether (sulfide) groups is 2. The third-order valence-electron chi connectivity index (χ3n) is 3.60. The Morgan fingerprint density at radius 1 is 0.929 bits per heavy atom. The summed E-state index contributed by atoms with van der Waals surface area (Å²) in [6, 6.07) is 11.7. The fourth-order valence-electron chi connectivity index (χ4n) is 2.15. The van der Waals surface area contributed by atoms with Crippen molar-refractivity contribution in [3.63, 3.8) is 0 Å². The molecule has 0 radical (unpaired) electrons. The third kappa shape index (κ3) is 6.17. The van der Waals surface area contributed by atoms with Crippen LogP contribution < -0.4 is 0 Å². The number of rotatable bonds is 11. The van der Waals surface area contributed by atoms with Crippen molar-refractivity contribution in [2.45, 2.75) is 21.6 Å². The number of hydrogen-bond acceptors (Lipinski definition) is 9. The molecule has 0 fully saturated rings. The summed E-state index contributed by atoms with van der Waals surface area (Å²) in [6.07, 6.45) is -0.795. The number of nitro benzene ring substituents is 2. The summed E-state index contributed by atoms with van der Waals surface area (Å²) >= 11 is 2.18. The molecule has 2 rings (SSSR count). The first kappa shape index (κ1) is 22.1. The number of benzene rings is 2. The van der Waals surface area contributed by atoms with E-state index < -0.39 is 34.9 Å². The van der Waals surface area contributed by atoms with Crippen molar-refractivity contribution < 1.29 is 24.8 Å². The third-order valence-corrected chi connectivity index (χ3v) is 5.60. The molecule has 0 amide bonds. The Morgan fingerprint density at radius 2 is 1.50 bits per heavy atom. The van der Waals surface area contributed by atoms with Gasteiger partial charge in [0.05, 0.1) is 44.9 Å². The van der Waals surface area contributed by atoms with Gasteiger partial charge in [0.15, 0.2) is 0 Å². The van der Waals surface area contributed by atoms with Gasteiger partial charge in [-0.3, -0.25) is 20.2 Å². The molecule has 0 heterocycles. The molecule has 0 aliphatic rings. The van der Waals surface area contributed by atoms with Crippen molar-refractivity contribution in [1.29, 1.82) is 0 Å². The van der Waals surface area contributed by atoms with Crippen LogP contribution in [0.15, 0.2) is 52.3 Å². The fourth-order valence-corrected chi connectivity index (χ4v) is 4.09. The van der Waals surface area contributed by atoms with Crippen molar-refractivity contribution in [3.8, 4) is 0 Å². The summed E-state index contributed by atoms with van der Waals surface area (Å²) in [7, 11) is 0. The second kappa shape index (κ2) is 11.0. The van der Waals surface area contributed by atoms with E-state index in [1.165, 1.54) is 17.8 Å². The molecule has 0 atom stereocenters. The molecule has 0 saturated heterocycles. The fraction of sp³-hybridized carbons (Fsp3) is 0.294. The first-order valence-electron chi connectivity index (χ1n) is 8.06. The van der Waals surface area contributed by atoms with Gasteiger partial charge >= 0.3 is 0 Å². The zero-order valence-corrected chi connectivity index (χ0v) is 16.2. The van der Waals surface area contributed by atoms with Crippen molar-refractivity contribution in [3.05, 3.63) is 68.3 Å². The number of aliphatic hydroxyl groups excluding tert-OH is 2. The highest BCUT2D eigenvalue weighted by Crippen LogP contribution is 2.40. The number of nitrogens with zero attached hydrogens (tertiary/aromatic N) is 2. The summed E-state index contributed by atoms with van der Waals surface area (Å²) in [6.45, 7) is -0.783. The van der Waals surface area contributed by atoms with E-state index in [2.05, 4.69) is 0 Å². The lowest BCUT2D eigenvalue weighted by Crippen LogP contribution is -2.21. The van der Waals surface area contributed by atoms with Gasteiger partial charge in [-0.25, -0.2) is 0 Å². The predicted octanol–water partition coefficient (Wildman–Crippen LogP) is 3.21. The number of nitro groups is 2. The van der Waals surface area contributed by atoms with Crippen LogP contribution in [0.5, 0.6) is 0 Å². The van der Waals surface area contributed by atoms with Gasteiger partial charge in [-0.2, -0.15) is 0 Å². The Morgan fingerprint density at radius 3 is 2.04 bits per heavy atom. The van der Waals surface area contributed by atoms with Gasteiger partial charge in [0.2, 0.25) is 0 Å². The summed E-state index contributed by atoms with van der Waals surface area (Å²) in [5.41, 5.74) is 0.238. The minimum atomic E-state index is -0.795. The van der Waals surface area contributed by atoms with Crippen LogP contribution in [0.3, 0.4) is 0 Å². The van der Waals surface area contributed by atoms with Crippen molar-refractivity contribution in [2.24, 2.45) is 0 Å². The van der Waals surface area contributed by atoms with Crippen LogP contribution in [0.25, 0.3) is 0 Å². The van der Waals surface area contributed by atoms with E-state index in [0.717, 1.165) is 23.4 Å². The summed E-state index contributed by atoms with van der Waals surface area (Å²) in [4.78, 5) is 21.9. The van der Waals surface area contributed by atoms with Crippen molar-refractivity contribution in [2.75, 3.05) is 19.2 Å². The second-order valence-electron chi connectivity index (χ2n) is 5.49. The van der Waals surface area contributed by atoms with Crippen LogP contribution in [0.4, 0.5) is 11.4 Å². The first-order chi connectivity index (χ1) is 13.5. The number of ether oxygens (including phenoxy) is 1. The zero-order valence-electron chi connectivity index (χ0n) is 14.6. The highest BCUT2D eigenvalue weighted by molar-refractivity contribution is 7.99. The molecule has 0 spiro atoms. The molecule has 2 aromatic carbocycles. The molecule has 2 N–H and O–H groups in total. The highest BCUT2D eigenvalue weighted by Gasteiger charge is 2.25. The lowest BCUT2D eigenvalue weighted by molar-refractivity contribution is -0.397. The predicted molar refractivity (Wildman–Crippen MR) is 106 cm³/mol. The second-order valence-corrected chi connectivity index (χ2v) is 7.47. The molecule has 0 aliphatic carbocycles. The van der Waals surface area contributed by atoms with Gasteiger partial charge < -0.3 is 14.9 Å². The van der Waals surface area contributed by atoms with Gasteiger partial charge in [0.25, 0.3) is 11.4 Å². The van der Waals surface area contributed by atoms with Crippen LogP contribution >= 0.6 is 23.5 Å². The van der Waals surface area contributed by atoms with E-state index in [0.29, 0.717) is 10.6 Å². The van der Waals surface area contributed by atoms with Crippen molar-refractivity contribution in [1.82, 2.24) is 0 Å². The van der Waals surface area contributed by atoms with Gasteiger partial charge in [-0.1, -0.05) is 42.1 Å². The van der Waals surface area contributed by atoms with Gasteiger partial charge in [0, 0.05) is 5.75 Å². The highest BCUT2D eigenvalue weighted by atomic mass is 32.2. The average Bonchev–Trinajstić information content (AvgIpc) is 2.70. The molecule has 0 unspecified atom stereocenters. The summed E-state index contributed by atoms with van der Waals surface area (Å²) < 4.78 is 5.23. The van der Waals surface area contributed by atoms with E-state index in [1.807, 2.05) is 30.3 Å². The molecular formula is C17H18N2O7S2. The normalized spacial score (nSPS) is 11.0. The first-order valence-corrected chi connectivity index (χ1v) is 10.0. The minimum absolute atomic E-state index is 0.0623. The van der Waals surface area contributed by atoms with Crippen LogP contribution in [0, 0.1) is 20.2 Å². The topological polar surface area (TPSA) is 136 Å². The van der Waals surface area contributed by atoms with Crippen LogP contribution in [-0.4, -0.2) is 45.3 Å². The van der Waals surface area contributed by atoms with Crippen LogP contribution in [-0.2, 0) is 10.5 Å². The van der Waals surface area contributed by atoms with E-state index in [4.69, 9.17) is 14.9 Å². The number of aliphatic hydroxyl groups is 2.